The van der Waals surface area contributed by atoms with Crippen LogP contribution in [0.2, 0.25) is 0 Å². The average Bonchev–Trinajstić information content (AvgIpc) is 2.67. The zero-order chi connectivity index (χ0) is 19.6. The Labute approximate surface area is 160 Å². The van der Waals surface area contributed by atoms with E-state index in [9.17, 15) is 10.1 Å². The van der Waals surface area contributed by atoms with Gasteiger partial charge in [-0.05, 0) is 60.4 Å². The van der Waals surface area contributed by atoms with E-state index in [-0.39, 0.29) is 5.57 Å². The number of ether oxygens (including phenoxy) is 2. The highest BCUT2D eigenvalue weighted by atomic mass is 16.5. The third-order valence-corrected chi connectivity index (χ3v) is 3.87. The molecule has 0 aliphatic carbocycles. The van der Waals surface area contributed by atoms with Gasteiger partial charge < -0.3 is 14.8 Å². The van der Waals surface area contributed by atoms with Gasteiger partial charge in [-0.3, -0.25) is 4.79 Å². The highest BCUT2D eigenvalue weighted by Gasteiger charge is 2.09. The lowest BCUT2D eigenvalue weighted by Crippen LogP contribution is -2.13. The third kappa shape index (κ3) is 6.52. The summed E-state index contributed by atoms with van der Waals surface area (Å²) in [6, 6.07) is 16.2. The van der Waals surface area contributed by atoms with Crippen LogP contribution in [0.1, 0.15) is 25.8 Å². The highest BCUT2D eigenvalue weighted by Crippen LogP contribution is 2.18. The molecule has 0 spiro atoms. The third-order valence-electron chi connectivity index (χ3n) is 3.87. The Balaban J connectivity index is 2.01. The van der Waals surface area contributed by atoms with E-state index in [1.807, 2.05) is 30.3 Å². The number of methoxy groups -OCH3 is 1. The second kappa shape index (κ2) is 10.0. The van der Waals surface area contributed by atoms with Crippen LogP contribution in [-0.4, -0.2) is 19.6 Å². The van der Waals surface area contributed by atoms with Gasteiger partial charge in [-0.2, -0.15) is 5.26 Å². The van der Waals surface area contributed by atoms with Gasteiger partial charge in [0.2, 0.25) is 0 Å². The molecule has 1 N–H and O–H groups in total. The van der Waals surface area contributed by atoms with Crippen LogP contribution in [0.5, 0.6) is 11.5 Å². The molecule has 0 saturated heterocycles. The number of nitriles is 1. The number of rotatable bonds is 8. The van der Waals surface area contributed by atoms with Crippen molar-refractivity contribution < 1.29 is 14.3 Å². The largest absolute Gasteiger partial charge is 0.497 e. The Kier molecular flexibility index (Phi) is 7.45. The van der Waals surface area contributed by atoms with E-state index in [0.29, 0.717) is 24.0 Å². The molecule has 0 bridgehead atoms. The van der Waals surface area contributed by atoms with E-state index in [1.165, 1.54) is 0 Å². The van der Waals surface area contributed by atoms with Crippen LogP contribution in [0, 0.1) is 17.2 Å². The minimum atomic E-state index is -0.458. The highest BCUT2D eigenvalue weighted by molar-refractivity contribution is 6.09. The first-order chi connectivity index (χ1) is 13.0. The van der Waals surface area contributed by atoms with E-state index in [4.69, 9.17) is 9.47 Å². The van der Waals surface area contributed by atoms with Gasteiger partial charge in [-0.1, -0.05) is 26.0 Å². The summed E-state index contributed by atoms with van der Waals surface area (Å²) in [6.45, 7) is 4.97. The van der Waals surface area contributed by atoms with Gasteiger partial charge in [0.25, 0.3) is 5.91 Å². The summed E-state index contributed by atoms with van der Waals surface area (Å²) in [7, 11) is 1.57. The zero-order valence-electron chi connectivity index (χ0n) is 15.9. The van der Waals surface area contributed by atoms with Gasteiger partial charge in [0.05, 0.1) is 13.7 Å². The van der Waals surface area contributed by atoms with Crippen molar-refractivity contribution in [2.24, 2.45) is 5.92 Å². The van der Waals surface area contributed by atoms with Crippen molar-refractivity contribution in [1.82, 2.24) is 0 Å². The molecule has 0 fully saturated rings. The standard InChI is InChI=1S/C22H24N2O3/c1-16(2)12-13-27-21-8-4-17(5-9-21)14-18(15-23)22(25)24-19-6-10-20(26-3)11-7-19/h4-11,14,16H,12-13H2,1-3H3,(H,24,25)/b18-14+. The van der Waals surface area contributed by atoms with Gasteiger partial charge >= 0.3 is 0 Å². The Morgan fingerprint density at radius 3 is 2.30 bits per heavy atom. The van der Waals surface area contributed by atoms with Crippen molar-refractivity contribution in [3.63, 3.8) is 0 Å². The van der Waals surface area contributed by atoms with Crippen molar-refractivity contribution in [2.75, 3.05) is 19.0 Å². The SMILES string of the molecule is COc1ccc(NC(=O)/C(C#N)=C/c2ccc(OCCC(C)C)cc2)cc1. The maximum Gasteiger partial charge on any atom is 0.266 e. The average molecular weight is 364 g/mol. The number of benzene rings is 2. The number of hydrogen-bond donors (Lipinski definition) is 1. The van der Waals surface area contributed by atoms with E-state index in [1.54, 1.807) is 37.5 Å². The Hall–Kier alpha value is -3.26. The molecule has 2 rings (SSSR count). The first-order valence-corrected chi connectivity index (χ1v) is 8.82. The monoisotopic (exact) mass is 364 g/mol. The van der Waals surface area contributed by atoms with Crippen LogP contribution < -0.4 is 14.8 Å². The molecule has 0 saturated carbocycles. The topological polar surface area (TPSA) is 71.3 Å². The molecular formula is C22H24N2O3. The van der Waals surface area contributed by atoms with Crippen LogP contribution in [0.3, 0.4) is 0 Å². The Morgan fingerprint density at radius 2 is 1.74 bits per heavy atom. The molecule has 140 valence electrons. The van der Waals surface area contributed by atoms with Crippen LogP contribution in [-0.2, 0) is 4.79 Å². The fraction of sp³-hybridized carbons (Fsp3) is 0.273. The lowest BCUT2D eigenvalue weighted by atomic mass is 10.1. The smallest absolute Gasteiger partial charge is 0.266 e. The number of carbonyl (C=O) groups excluding carboxylic acids is 1. The quantitative estimate of drug-likeness (QED) is 0.546. The number of nitrogens with zero attached hydrogens (tertiary/aromatic N) is 1. The normalized spacial score (nSPS) is 11.0. The molecule has 0 atom stereocenters. The lowest BCUT2D eigenvalue weighted by Gasteiger charge is -2.08. The molecule has 5 nitrogen and oxygen atoms in total. The molecule has 0 aliphatic heterocycles. The molecule has 1 amide bonds. The van der Waals surface area contributed by atoms with Crippen molar-refractivity contribution >= 4 is 17.7 Å². The van der Waals surface area contributed by atoms with Gasteiger partial charge in [0.15, 0.2) is 0 Å². The second-order valence-electron chi connectivity index (χ2n) is 6.45. The van der Waals surface area contributed by atoms with Gasteiger partial charge in [0, 0.05) is 5.69 Å². The first-order valence-electron chi connectivity index (χ1n) is 8.82. The summed E-state index contributed by atoms with van der Waals surface area (Å²) >= 11 is 0. The van der Waals surface area contributed by atoms with E-state index >= 15 is 0 Å². The summed E-state index contributed by atoms with van der Waals surface area (Å²) in [4.78, 5) is 12.3. The van der Waals surface area contributed by atoms with Gasteiger partial charge in [0.1, 0.15) is 23.1 Å². The summed E-state index contributed by atoms with van der Waals surface area (Å²) in [5.41, 5.74) is 1.38. The lowest BCUT2D eigenvalue weighted by molar-refractivity contribution is -0.112. The van der Waals surface area contributed by atoms with Crippen LogP contribution >= 0.6 is 0 Å². The van der Waals surface area contributed by atoms with Gasteiger partial charge in [-0.25, -0.2) is 0 Å². The molecule has 27 heavy (non-hydrogen) atoms. The zero-order valence-corrected chi connectivity index (χ0v) is 15.9. The van der Waals surface area contributed by atoms with Crippen LogP contribution in [0.25, 0.3) is 6.08 Å². The molecule has 0 radical (unpaired) electrons. The van der Waals surface area contributed by atoms with Crippen molar-refractivity contribution in [3.05, 3.63) is 59.7 Å². The predicted molar refractivity (Wildman–Crippen MR) is 107 cm³/mol. The van der Waals surface area contributed by atoms with Gasteiger partial charge in [-0.15, -0.1) is 0 Å². The second-order valence-corrected chi connectivity index (χ2v) is 6.45. The molecule has 0 aromatic heterocycles. The maximum atomic E-state index is 12.3. The summed E-state index contributed by atoms with van der Waals surface area (Å²) in [5, 5.41) is 12.0. The van der Waals surface area contributed by atoms with E-state index in [2.05, 4.69) is 19.2 Å². The number of anilines is 1. The number of carbonyl (C=O) groups is 1. The summed E-state index contributed by atoms with van der Waals surface area (Å²) in [5.74, 6) is 1.60. The number of nitrogens with one attached hydrogen (secondary N) is 1. The first kappa shape index (κ1) is 20.1. The summed E-state index contributed by atoms with van der Waals surface area (Å²) in [6.07, 6.45) is 2.54. The number of amides is 1. The molecular weight excluding hydrogens is 340 g/mol. The minimum Gasteiger partial charge on any atom is -0.497 e. The van der Waals surface area contributed by atoms with Crippen LogP contribution in [0.4, 0.5) is 5.69 Å². The van der Waals surface area contributed by atoms with E-state index < -0.39 is 5.91 Å². The molecule has 5 heteroatoms. The molecule has 2 aromatic rings. The fourth-order valence-corrected chi connectivity index (χ4v) is 2.26. The summed E-state index contributed by atoms with van der Waals surface area (Å²) < 4.78 is 10.8. The molecule has 0 heterocycles. The molecule has 2 aromatic carbocycles. The van der Waals surface area contributed by atoms with Crippen molar-refractivity contribution in [1.29, 1.82) is 5.26 Å². The van der Waals surface area contributed by atoms with Crippen molar-refractivity contribution in [3.8, 4) is 17.6 Å². The van der Waals surface area contributed by atoms with E-state index in [0.717, 1.165) is 17.7 Å². The molecule has 0 unspecified atom stereocenters. The van der Waals surface area contributed by atoms with Crippen LogP contribution in [0.15, 0.2) is 54.1 Å². The number of hydrogen-bond acceptors (Lipinski definition) is 4. The fourth-order valence-electron chi connectivity index (χ4n) is 2.26. The maximum absolute atomic E-state index is 12.3. The predicted octanol–water partition coefficient (Wildman–Crippen LogP) is 4.67. The van der Waals surface area contributed by atoms with Crippen molar-refractivity contribution in [2.45, 2.75) is 20.3 Å². The Morgan fingerprint density at radius 1 is 1.11 bits per heavy atom. The minimum absolute atomic E-state index is 0.0271. The molecule has 0 aliphatic rings. The Bertz CT molecular complexity index is 816.